The minimum Gasteiger partial charge on any atom is -0.214 e. The van der Waals surface area contributed by atoms with Crippen molar-refractivity contribution >= 4 is 26.0 Å². The molecule has 0 atom stereocenters. The van der Waals surface area contributed by atoms with E-state index in [0.717, 1.165) is 0 Å². The Balaban J connectivity index is 3.90. The van der Waals surface area contributed by atoms with E-state index < -0.39 is 10.0 Å². The summed E-state index contributed by atoms with van der Waals surface area (Å²) in [6.45, 7) is 3.76. The van der Waals surface area contributed by atoms with Gasteiger partial charge in [0, 0.05) is 11.9 Å². The van der Waals surface area contributed by atoms with Crippen molar-refractivity contribution in [3.05, 3.63) is 0 Å². The Labute approximate surface area is 70.4 Å². The molecule has 0 saturated heterocycles. The zero-order chi connectivity index (χ0) is 8.20. The Morgan fingerprint density at radius 2 is 2.00 bits per heavy atom. The smallest absolute Gasteiger partial charge is 0.213 e. The fraction of sp³-hybridized carbons (Fsp3) is 1.00. The van der Waals surface area contributed by atoms with Gasteiger partial charge in [0.15, 0.2) is 0 Å². The molecule has 0 aliphatic carbocycles. The first-order valence-electron chi connectivity index (χ1n) is 3.05. The van der Waals surface area contributed by atoms with Crippen LogP contribution < -0.4 is 4.72 Å². The number of rotatable bonds is 4. The molecule has 0 aliphatic rings. The van der Waals surface area contributed by atoms with Crippen molar-refractivity contribution < 1.29 is 8.42 Å². The second kappa shape index (κ2) is 4.31. The van der Waals surface area contributed by atoms with E-state index in [-0.39, 0.29) is 5.25 Å². The summed E-state index contributed by atoms with van der Waals surface area (Å²) in [5.41, 5.74) is 0. The van der Waals surface area contributed by atoms with Gasteiger partial charge in [0.2, 0.25) is 10.0 Å². The van der Waals surface area contributed by atoms with Gasteiger partial charge in [0.1, 0.15) is 0 Å². The molecule has 5 heteroatoms. The molecule has 0 heterocycles. The van der Waals surface area contributed by atoms with E-state index in [2.05, 4.69) is 20.7 Å². The Morgan fingerprint density at radius 1 is 1.50 bits per heavy atom. The number of hydrogen-bond acceptors (Lipinski definition) is 2. The van der Waals surface area contributed by atoms with Crippen LogP contribution in [0.25, 0.3) is 0 Å². The lowest BCUT2D eigenvalue weighted by atomic mass is 10.6. The molecule has 0 radical (unpaired) electrons. The molecule has 1 N–H and O–H groups in total. The minimum atomic E-state index is -3.04. The molecule has 0 bridgehead atoms. The molecule has 0 rings (SSSR count). The summed E-state index contributed by atoms with van der Waals surface area (Å²) in [7, 11) is -3.04. The van der Waals surface area contributed by atoms with Crippen molar-refractivity contribution in [3.8, 4) is 0 Å². The molecule has 0 amide bonds. The fourth-order valence-corrected chi connectivity index (χ4v) is 1.53. The molecule has 0 fully saturated rings. The monoisotopic (exact) mass is 229 g/mol. The maximum atomic E-state index is 11.0. The van der Waals surface area contributed by atoms with Crippen LogP contribution in [0.5, 0.6) is 0 Å². The topological polar surface area (TPSA) is 46.2 Å². The van der Waals surface area contributed by atoms with Crippen LogP contribution >= 0.6 is 15.9 Å². The third-order valence-electron chi connectivity index (χ3n) is 1.02. The Hall–Kier alpha value is 0.390. The van der Waals surface area contributed by atoms with Gasteiger partial charge in [0.05, 0.1) is 5.25 Å². The number of halogens is 1. The Morgan fingerprint density at radius 3 is 2.30 bits per heavy atom. The van der Waals surface area contributed by atoms with Crippen molar-refractivity contribution in [2.45, 2.75) is 19.1 Å². The highest BCUT2D eigenvalue weighted by Gasteiger charge is 2.13. The highest BCUT2D eigenvalue weighted by atomic mass is 79.9. The summed E-state index contributed by atoms with van der Waals surface area (Å²) in [5, 5.41) is 0.311. The summed E-state index contributed by atoms with van der Waals surface area (Å²) in [4.78, 5) is 0. The normalized spacial score (nSPS) is 12.4. The molecule has 0 spiro atoms. The number of sulfonamides is 1. The lowest BCUT2D eigenvalue weighted by molar-refractivity contribution is 0.575. The van der Waals surface area contributed by atoms with Crippen LogP contribution in [0.2, 0.25) is 0 Å². The Kier molecular flexibility index (Phi) is 4.47. The molecule has 10 heavy (non-hydrogen) atoms. The summed E-state index contributed by atoms with van der Waals surface area (Å²) in [6, 6.07) is 0. The molecule has 0 aromatic rings. The van der Waals surface area contributed by atoms with Crippen molar-refractivity contribution in [1.82, 2.24) is 4.72 Å². The molecule has 0 unspecified atom stereocenters. The first kappa shape index (κ1) is 10.4. The first-order chi connectivity index (χ1) is 4.50. The maximum Gasteiger partial charge on any atom is 0.213 e. The SMILES string of the molecule is CC(C)S(=O)(=O)NCCBr. The third kappa shape index (κ3) is 3.53. The van der Waals surface area contributed by atoms with Crippen molar-refractivity contribution in [1.29, 1.82) is 0 Å². The van der Waals surface area contributed by atoms with Crippen LogP contribution in [-0.2, 0) is 10.0 Å². The van der Waals surface area contributed by atoms with E-state index in [4.69, 9.17) is 0 Å². The van der Waals surface area contributed by atoms with Crippen LogP contribution in [0, 0.1) is 0 Å². The summed E-state index contributed by atoms with van der Waals surface area (Å²) >= 11 is 3.12. The van der Waals surface area contributed by atoms with Crippen LogP contribution in [0.1, 0.15) is 13.8 Å². The lowest BCUT2D eigenvalue weighted by Gasteiger charge is -2.06. The molecular formula is C5H12BrNO2S. The van der Waals surface area contributed by atoms with Gasteiger partial charge in [-0.1, -0.05) is 15.9 Å². The maximum absolute atomic E-state index is 11.0. The average Bonchev–Trinajstić information content (AvgIpc) is 1.84. The number of alkyl halides is 1. The Bertz CT molecular complexity index is 176. The van der Waals surface area contributed by atoms with E-state index in [9.17, 15) is 8.42 Å². The van der Waals surface area contributed by atoms with E-state index in [1.54, 1.807) is 13.8 Å². The van der Waals surface area contributed by atoms with Crippen LogP contribution in [-0.4, -0.2) is 25.5 Å². The molecule has 62 valence electrons. The van der Waals surface area contributed by atoms with Crippen LogP contribution in [0.3, 0.4) is 0 Å². The molecule has 0 saturated carbocycles. The molecule has 0 aromatic carbocycles. The van der Waals surface area contributed by atoms with Crippen LogP contribution in [0.15, 0.2) is 0 Å². The quantitative estimate of drug-likeness (QED) is 0.723. The second-order valence-corrected chi connectivity index (χ2v) is 5.29. The molecule has 3 nitrogen and oxygen atoms in total. The zero-order valence-electron chi connectivity index (χ0n) is 6.09. The van der Waals surface area contributed by atoms with E-state index in [0.29, 0.717) is 11.9 Å². The standard InChI is InChI=1S/C5H12BrNO2S/c1-5(2)10(8,9)7-4-3-6/h5,7H,3-4H2,1-2H3. The summed E-state index contributed by atoms with van der Waals surface area (Å²) in [6.07, 6.45) is 0. The predicted octanol–water partition coefficient (Wildman–Crippen LogP) is 0.709. The van der Waals surface area contributed by atoms with E-state index in [1.165, 1.54) is 0 Å². The zero-order valence-corrected chi connectivity index (χ0v) is 8.50. The van der Waals surface area contributed by atoms with Gasteiger partial charge in [-0.3, -0.25) is 0 Å². The van der Waals surface area contributed by atoms with Gasteiger partial charge in [-0.05, 0) is 13.8 Å². The van der Waals surface area contributed by atoms with Crippen LogP contribution in [0.4, 0.5) is 0 Å². The predicted molar refractivity (Wildman–Crippen MR) is 45.9 cm³/mol. The molecular weight excluding hydrogens is 218 g/mol. The summed E-state index contributed by atoms with van der Waals surface area (Å²) < 4.78 is 24.3. The van der Waals surface area contributed by atoms with Gasteiger partial charge >= 0.3 is 0 Å². The minimum absolute atomic E-state index is 0.341. The number of nitrogens with one attached hydrogen (secondary N) is 1. The lowest BCUT2D eigenvalue weighted by Crippen LogP contribution is -2.31. The molecule has 0 aliphatic heterocycles. The second-order valence-electron chi connectivity index (χ2n) is 2.18. The largest absolute Gasteiger partial charge is 0.214 e. The first-order valence-corrected chi connectivity index (χ1v) is 5.72. The highest BCUT2D eigenvalue weighted by molar-refractivity contribution is 9.09. The average molecular weight is 230 g/mol. The van der Waals surface area contributed by atoms with Crippen molar-refractivity contribution in [3.63, 3.8) is 0 Å². The number of hydrogen-bond donors (Lipinski definition) is 1. The van der Waals surface area contributed by atoms with E-state index in [1.807, 2.05) is 0 Å². The van der Waals surface area contributed by atoms with Crippen molar-refractivity contribution in [2.75, 3.05) is 11.9 Å². The van der Waals surface area contributed by atoms with Gasteiger partial charge < -0.3 is 0 Å². The van der Waals surface area contributed by atoms with Gasteiger partial charge in [-0.25, -0.2) is 13.1 Å². The van der Waals surface area contributed by atoms with Crippen molar-refractivity contribution in [2.24, 2.45) is 0 Å². The molecule has 0 aromatic heterocycles. The van der Waals surface area contributed by atoms with Gasteiger partial charge in [-0.15, -0.1) is 0 Å². The van der Waals surface area contributed by atoms with Gasteiger partial charge in [0.25, 0.3) is 0 Å². The highest BCUT2D eigenvalue weighted by Crippen LogP contribution is 1.94. The summed E-state index contributed by atoms with van der Waals surface area (Å²) in [5.74, 6) is 0. The van der Waals surface area contributed by atoms with E-state index >= 15 is 0 Å². The fourth-order valence-electron chi connectivity index (χ4n) is 0.348. The van der Waals surface area contributed by atoms with Gasteiger partial charge in [-0.2, -0.15) is 0 Å². The third-order valence-corrected chi connectivity index (χ3v) is 3.26.